The third kappa shape index (κ3) is 1.78. The number of nitrogens with zero attached hydrogens (tertiary/aromatic N) is 1. The molecule has 12 heavy (non-hydrogen) atoms. The first kappa shape index (κ1) is 8.65. The van der Waals surface area contributed by atoms with Crippen LogP contribution in [0.4, 0.5) is 0 Å². The SMILES string of the molecule is C/C=C\c1ccncc1C(C)=N. The summed E-state index contributed by atoms with van der Waals surface area (Å²) in [5, 5.41) is 7.48. The zero-order valence-corrected chi connectivity index (χ0v) is 7.33. The molecule has 0 saturated carbocycles. The van der Waals surface area contributed by atoms with Crippen LogP contribution in [0.25, 0.3) is 6.08 Å². The normalized spacial score (nSPS) is 10.5. The van der Waals surface area contributed by atoms with E-state index < -0.39 is 0 Å². The first-order valence-electron chi connectivity index (χ1n) is 3.88. The van der Waals surface area contributed by atoms with Crippen LogP contribution in [0.3, 0.4) is 0 Å². The van der Waals surface area contributed by atoms with Gasteiger partial charge < -0.3 is 5.41 Å². The van der Waals surface area contributed by atoms with E-state index >= 15 is 0 Å². The average Bonchev–Trinajstić information content (AvgIpc) is 2.05. The van der Waals surface area contributed by atoms with Crippen molar-refractivity contribution < 1.29 is 0 Å². The van der Waals surface area contributed by atoms with E-state index in [2.05, 4.69) is 4.98 Å². The highest BCUT2D eigenvalue weighted by Gasteiger charge is 1.99. The van der Waals surface area contributed by atoms with Gasteiger partial charge in [-0.3, -0.25) is 4.98 Å². The van der Waals surface area contributed by atoms with Crippen molar-refractivity contribution in [2.45, 2.75) is 13.8 Å². The maximum Gasteiger partial charge on any atom is 0.0376 e. The molecule has 0 bridgehead atoms. The lowest BCUT2D eigenvalue weighted by Gasteiger charge is -2.01. The smallest absolute Gasteiger partial charge is 0.0376 e. The maximum atomic E-state index is 7.48. The molecule has 0 atom stereocenters. The Hall–Kier alpha value is -1.44. The number of aromatic nitrogens is 1. The molecule has 0 aliphatic carbocycles. The van der Waals surface area contributed by atoms with E-state index in [1.807, 2.05) is 25.1 Å². The monoisotopic (exact) mass is 160 g/mol. The van der Waals surface area contributed by atoms with E-state index in [1.165, 1.54) is 0 Å². The highest BCUT2D eigenvalue weighted by molar-refractivity contribution is 5.99. The van der Waals surface area contributed by atoms with Gasteiger partial charge in [0.25, 0.3) is 0 Å². The third-order valence-corrected chi connectivity index (χ3v) is 1.61. The number of hydrogen-bond acceptors (Lipinski definition) is 2. The van der Waals surface area contributed by atoms with Crippen LogP contribution in [0.1, 0.15) is 25.0 Å². The van der Waals surface area contributed by atoms with Gasteiger partial charge >= 0.3 is 0 Å². The minimum Gasteiger partial charge on any atom is -0.305 e. The second kappa shape index (κ2) is 3.81. The first-order valence-corrected chi connectivity index (χ1v) is 3.88. The van der Waals surface area contributed by atoms with Gasteiger partial charge in [0.05, 0.1) is 0 Å². The predicted molar refractivity (Wildman–Crippen MR) is 51.4 cm³/mol. The summed E-state index contributed by atoms with van der Waals surface area (Å²) >= 11 is 0. The Morgan fingerprint density at radius 2 is 2.33 bits per heavy atom. The zero-order chi connectivity index (χ0) is 8.97. The molecule has 2 nitrogen and oxygen atoms in total. The lowest BCUT2D eigenvalue weighted by molar-refractivity contribution is 1.29. The highest BCUT2D eigenvalue weighted by Crippen LogP contribution is 2.09. The molecule has 0 aliphatic rings. The summed E-state index contributed by atoms with van der Waals surface area (Å²) in [7, 11) is 0. The maximum absolute atomic E-state index is 7.48. The number of allylic oxidation sites excluding steroid dienone is 1. The van der Waals surface area contributed by atoms with Crippen LogP contribution in [0.5, 0.6) is 0 Å². The van der Waals surface area contributed by atoms with Gasteiger partial charge in [-0.05, 0) is 25.5 Å². The number of pyridine rings is 1. The van der Waals surface area contributed by atoms with Gasteiger partial charge in [-0.25, -0.2) is 0 Å². The van der Waals surface area contributed by atoms with Crippen molar-refractivity contribution in [3.63, 3.8) is 0 Å². The lowest BCUT2D eigenvalue weighted by atomic mass is 10.1. The van der Waals surface area contributed by atoms with Gasteiger partial charge in [0.1, 0.15) is 0 Å². The lowest BCUT2D eigenvalue weighted by Crippen LogP contribution is -1.96. The van der Waals surface area contributed by atoms with Gasteiger partial charge in [0.15, 0.2) is 0 Å². The Kier molecular flexibility index (Phi) is 2.75. The summed E-state index contributed by atoms with van der Waals surface area (Å²) in [4.78, 5) is 3.97. The van der Waals surface area contributed by atoms with Crippen molar-refractivity contribution in [1.29, 1.82) is 5.41 Å². The zero-order valence-electron chi connectivity index (χ0n) is 7.33. The molecular weight excluding hydrogens is 148 g/mol. The minimum absolute atomic E-state index is 0.552. The molecule has 1 aromatic rings. The second-order valence-electron chi connectivity index (χ2n) is 2.59. The Balaban J connectivity index is 3.17. The summed E-state index contributed by atoms with van der Waals surface area (Å²) in [5.41, 5.74) is 2.51. The molecule has 0 amide bonds. The fourth-order valence-corrected chi connectivity index (χ4v) is 1.04. The van der Waals surface area contributed by atoms with Crippen molar-refractivity contribution in [2.24, 2.45) is 0 Å². The molecule has 0 saturated heterocycles. The molecule has 0 aromatic carbocycles. The Morgan fingerprint density at radius 1 is 1.58 bits per heavy atom. The second-order valence-corrected chi connectivity index (χ2v) is 2.59. The number of nitrogens with one attached hydrogen (secondary N) is 1. The molecule has 1 heterocycles. The summed E-state index contributed by atoms with van der Waals surface area (Å²) in [5.74, 6) is 0. The topological polar surface area (TPSA) is 36.7 Å². The van der Waals surface area contributed by atoms with Gasteiger partial charge in [-0.15, -0.1) is 0 Å². The Labute approximate surface area is 72.5 Å². The van der Waals surface area contributed by atoms with Crippen molar-refractivity contribution in [3.05, 3.63) is 35.7 Å². The van der Waals surface area contributed by atoms with Gasteiger partial charge in [0, 0.05) is 23.7 Å². The molecule has 0 spiro atoms. The van der Waals surface area contributed by atoms with E-state index in [-0.39, 0.29) is 0 Å². The molecule has 0 fully saturated rings. The Morgan fingerprint density at radius 3 is 2.92 bits per heavy atom. The number of rotatable bonds is 2. The molecular formula is C10H12N2. The van der Waals surface area contributed by atoms with Crippen LogP contribution in [0.15, 0.2) is 24.5 Å². The molecule has 1 N–H and O–H groups in total. The van der Waals surface area contributed by atoms with Crippen LogP contribution >= 0.6 is 0 Å². The van der Waals surface area contributed by atoms with Crippen LogP contribution in [-0.4, -0.2) is 10.7 Å². The van der Waals surface area contributed by atoms with Crippen LogP contribution in [0, 0.1) is 5.41 Å². The third-order valence-electron chi connectivity index (χ3n) is 1.61. The van der Waals surface area contributed by atoms with Crippen LogP contribution in [0.2, 0.25) is 0 Å². The van der Waals surface area contributed by atoms with Crippen LogP contribution < -0.4 is 0 Å². The van der Waals surface area contributed by atoms with E-state index in [9.17, 15) is 0 Å². The molecule has 0 aliphatic heterocycles. The fraction of sp³-hybridized carbons (Fsp3) is 0.200. The summed E-state index contributed by atoms with van der Waals surface area (Å²) in [6.07, 6.45) is 7.40. The van der Waals surface area contributed by atoms with Crippen molar-refractivity contribution in [1.82, 2.24) is 4.98 Å². The van der Waals surface area contributed by atoms with Gasteiger partial charge in [0.2, 0.25) is 0 Å². The van der Waals surface area contributed by atoms with Gasteiger partial charge in [-0.1, -0.05) is 12.2 Å². The van der Waals surface area contributed by atoms with Gasteiger partial charge in [-0.2, -0.15) is 0 Å². The van der Waals surface area contributed by atoms with Crippen molar-refractivity contribution >= 4 is 11.8 Å². The summed E-state index contributed by atoms with van der Waals surface area (Å²) in [6.45, 7) is 3.73. The van der Waals surface area contributed by atoms with E-state index in [4.69, 9.17) is 5.41 Å². The van der Waals surface area contributed by atoms with Crippen molar-refractivity contribution in [3.8, 4) is 0 Å². The highest BCUT2D eigenvalue weighted by atomic mass is 14.6. The number of hydrogen-bond donors (Lipinski definition) is 1. The Bertz CT molecular complexity index is 313. The fourth-order valence-electron chi connectivity index (χ4n) is 1.04. The molecule has 0 radical (unpaired) electrons. The summed E-state index contributed by atoms with van der Waals surface area (Å²) < 4.78 is 0. The molecule has 2 heteroatoms. The standard InChI is InChI=1S/C10H12N2/c1-3-4-9-5-6-12-7-10(9)8(2)11/h3-7,11H,1-2H3/b4-3-,11-8?. The van der Waals surface area contributed by atoms with Crippen LogP contribution in [-0.2, 0) is 0 Å². The quantitative estimate of drug-likeness (QED) is 0.663. The first-order chi connectivity index (χ1) is 5.75. The van der Waals surface area contributed by atoms with E-state index in [0.29, 0.717) is 5.71 Å². The summed E-state index contributed by atoms with van der Waals surface area (Å²) in [6, 6.07) is 1.91. The van der Waals surface area contributed by atoms with E-state index in [1.54, 1.807) is 19.3 Å². The molecule has 1 aromatic heterocycles. The van der Waals surface area contributed by atoms with E-state index in [0.717, 1.165) is 11.1 Å². The average molecular weight is 160 g/mol. The molecule has 62 valence electrons. The largest absolute Gasteiger partial charge is 0.305 e. The van der Waals surface area contributed by atoms with Crippen molar-refractivity contribution in [2.75, 3.05) is 0 Å². The predicted octanol–water partition coefficient (Wildman–Crippen LogP) is 2.50. The molecule has 0 unspecified atom stereocenters. The minimum atomic E-state index is 0.552. The molecule has 1 rings (SSSR count).